The van der Waals surface area contributed by atoms with Gasteiger partial charge in [-0.1, -0.05) is 54.5 Å². The lowest BCUT2D eigenvalue weighted by molar-refractivity contribution is -0.130. The zero-order chi connectivity index (χ0) is 17.8. The summed E-state index contributed by atoms with van der Waals surface area (Å²) in [5.41, 5.74) is 4.62. The number of nitrogens with zero attached hydrogens (tertiary/aromatic N) is 1. The molecule has 1 aliphatic rings. The third kappa shape index (κ3) is 3.48. The van der Waals surface area contributed by atoms with E-state index < -0.39 is 12.1 Å². The summed E-state index contributed by atoms with van der Waals surface area (Å²) in [5, 5.41) is 8.49. The van der Waals surface area contributed by atoms with Gasteiger partial charge in [0.1, 0.15) is 6.61 Å². The first-order valence-corrected chi connectivity index (χ1v) is 7.86. The lowest BCUT2D eigenvalue weighted by Gasteiger charge is -2.18. The van der Waals surface area contributed by atoms with Crippen molar-refractivity contribution in [1.29, 1.82) is 0 Å². The number of amides is 1. The van der Waals surface area contributed by atoms with E-state index in [1.807, 2.05) is 30.2 Å². The van der Waals surface area contributed by atoms with Crippen LogP contribution in [0.25, 0.3) is 11.1 Å². The fraction of sp³-hybridized carbons (Fsp3) is 0.200. The Morgan fingerprint density at radius 1 is 1.08 bits per heavy atom. The van der Waals surface area contributed by atoms with Gasteiger partial charge in [-0.15, -0.1) is 0 Å². The van der Waals surface area contributed by atoms with Crippen LogP contribution in [-0.4, -0.2) is 42.3 Å². The normalized spacial score (nSPS) is 11.7. The predicted molar refractivity (Wildman–Crippen MR) is 93.1 cm³/mol. The predicted octanol–water partition coefficient (Wildman–Crippen LogP) is 2.96. The van der Waals surface area contributed by atoms with Crippen LogP contribution in [0.15, 0.2) is 48.5 Å². The summed E-state index contributed by atoms with van der Waals surface area (Å²) in [4.78, 5) is 23.7. The molecule has 1 amide bonds. The summed E-state index contributed by atoms with van der Waals surface area (Å²) in [5.74, 6) is 3.15. The summed E-state index contributed by atoms with van der Waals surface area (Å²) in [7, 11) is 1.52. The molecule has 0 heterocycles. The fourth-order valence-corrected chi connectivity index (χ4v) is 3.00. The molecule has 0 saturated carbocycles. The molecule has 0 aliphatic heterocycles. The van der Waals surface area contributed by atoms with E-state index in [2.05, 4.69) is 30.2 Å². The van der Waals surface area contributed by atoms with E-state index in [0.29, 0.717) is 0 Å². The van der Waals surface area contributed by atoms with Gasteiger partial charge < -0.3 is 14.7 Å². The van der Waals surface area contributed by atoms with Crippen LogP contribution in [0, 0.1) is 11.8 Å². The second-order valence-electron chi connectivity index (χ2n) is 5.77. The molecule has 1 aliphatic carbocycles. The van der Waals surface area contributed by atoms with E-state index in [0.717, 1.165) is 11.1 Å². The van der Waals surface area contributed by atoms with Crippen LogP contribution in [0.1, 0.15) is 17.0 Å². The zero-order valence-corrected chi connectivity index (χ0v) is 13.7. The number of aliphatic carboxylic acids is 1. The molecule has 3 rings (SSSR count). The molecule has 0 bridgehead atoms. The molecule has 0 atom stereocenters. The van der Waals surface area contributed by atoms with Gasteiger partial charge in [0.25, 0.3) is 0 Å². The lowest BCUT2D eigenvalue weighted by Crippen LogP contribution is -2.29. The van der Waals surface area contributed by atoms with E-state index in [-0.39, 0.29) is 19.1 Å². The molecule has 5 nitrogen and oxygen atoms in total. The lowest BCUT2D eigenvalue weighted by atomic mass is 9.98. The van der Waals surface area contributed by atoms with Gasteiger partial charge in [0.15, 0.2) is 0 Å². The van der Waals surface area contributed by atoms with E-state index in [4.69, 9.17) is 9.84 Å². The van der Waals surface area contributed by atoms with Crippen LogP contribution in [0.3, 0.4) is 0 Å². The molecule has 0 aromatic heterocycles. The average Bonchev–Trinajstić information content (AvgIpc) is 2.93. The smallest absolute Gasteiger partial charge is 0.410 e. The Labute approximate surface area is 145 Å². The number of fused-ring (bicyclic) bond motifs is 3. The van der Waals surface area contributed by atoms with Crippen molar-refractivity contribution in [2.24, 2.45) is 0 Å². The first-order valence-electron chi connectivity index (χ1n) is 7.86. The largest absolute Gasteiger partial charge is 0.472 e. The highest BCUT2D eigenvalue weighted by Gasteiger charge is 2.29. The number of hydrogen-bond acceptors (Lipinski definition) is 3. The molecule has 25 heavy (non-hydrogen) atoms. The number of rotatable bonds is 3. The van der Waals surface area contributed by atoms with Crippen LogP contribution in [0.4, 0.5) is 4.79 Å². The van der Waals surface area contributed by atoms with E-state index in [1.165, 1.54) is 23.1 Å². The number of benzene rings is 2. The Morgan fingerprint density at radius 2 is 1.64 bits per heavy atom. The summed E-state index contributed by atoms with van der Waals surface area (Å²) < 4.78 is 5.43. The average molecular weight is 335 g/mol. The van der Waals surface area contributed by atoms with E-state index in [9.17, 15) is 9.59 Å². The van der Waals surface area contributed by atoms with E-state index in [1.54, 1.807) is 0 Å². The first-order chi connectivity index (χ1) is 12.1. The Bertz CT molecular complexity index is 833. The van der Waals surface area contributed by atoms with Crippen LogP contribution in [0.2, 0.25) is 0 Å². The van der Waals surface area contributed by atoms with Crippen LogP contribution in [-0.2, 0) is 9.53 Å². The molecule has 0 spiro atoms. The quantitative estimate of drug-likeness (QED) is 0.876. The van der Waals surface area contributed by atoms with Gasteiger partial charge >= 0.3 is 12.1 Å². The third-order valence-electron chi connectivity index (χ3n) is 4.16. The second-order valence-corrected chi connectivity index (χ2v) is 5.77. The Hall–Kier alpha value is -3.26. The van der Waals surface area contributed by atoms with Gasteiger partial charge in [-0.05, 0) is 22.3 Å². The van der Waals surface area contributed by atoms with Crippen molar-refractivity contribution in [3.63, 3.8) is 0 Å². The minimum atomic E-state index is -1.22. The topological polar surface area (TPSA) is 66.8 Å². The molecule has 5 heteroatoms. The number of carboxylic acids is 1. The van der Waals surface area contributed by atoms with Crippen molar-refractivity contribution in [3.8, 4) is 23.0 Å². The van der Waals surface area contributed by atoms with Gasteiger partial charge in [-0.25, -0.2) is 9.59 Å². The van der Waals surface area contributed by atoms with Gasteiger partial charge in [0.2, 0.25) is 0 Å². The van der Waals surface area contributed by atoms with Crippen molar-refractivity contribution in [1.82, 2.24) is 4.90 Å². The molecule has 2 aromatic rings. The van der Waals surface area contributed by atoms with Crippen LogP contribution >= 0.6 is 0 Å². The Balaban J connectivity index is 1.70. The maximum absolute atomic E-state index is 12.1. The molecule has 0 fully saturated rings. The highest BCUT2D eigenvalue weighted by Crippen LogP contribution is 2.44. The zero-order valence-electron chi connectivity index (χ0n) is 13.7. The summed E-state index contributed by atoms with van der Waals surface area (Å²) in [6, 6.07) is 16.2. The first kappa shape index (κ1) is 16.6. The van der Waals surface area contributed by atoms with Crippen molar-refractivity contribution >= 4 is 12.1 Å². The standard InChI is InChI=1S/C20H17NO4/c1-21(12-6-11-19(22)23)20(24)25-13-18-16-9-4-2-7-14(16)15-8-3-5-10-17(15)18/h2-5,7-10,18H,12-13H2,1H3,(H,22,23). The number of ether oxygens (including phenoxy) is 1. The molecule has 0 saturated heterocycles. The van der Waals surface area contributed by atoms with Crippen molar-refractivity contribution < 1.29 is 19.4 Å². The molecule has 0 radical (unpaired) electrons. The van der Waals surface area contributed by atoms with Gasteiger partial charge in [0.05, 0.1) is 6.54 Å². The number of carboxylic acid groups (broad SMARTS) is 1. The van der Waals surface area contributed by atoms with Crippen LogP contribution < -0.4 is 0 Å². The molecular weight excluding hydrogens is 318 g/mol. The van der Waals surface area contributed by atoms with Gasteiger partial charge in [-0.2, -0.15) is 0 Å². The SMILES string of the molecule is CN(CC#CC(=O)O)C(=O)OCC1c2ccccc2-c2ccccc21. The summed E-state index contributed by atoms with van der Waals surface area (Å²) in [6.45, 7) is 0.229. The molecule has 2 aromatic carbocycles. The van der Waals surface area contributed by atoms with Crippen molar-refractivity contribution in [3.05, 3.63) is 59.7 Å². The maximum atomic E-state index is 12.1. The summed E-state index contributed by atoms with van der Waals surface area (Å²) in [6.07, 6.45) is -0.526. The minimum Gasteiger partial charge on any atom is -0.472 e. The monoisotopic (exact) mass is 335 g/mol. The maximum Gasteiger partial charge on any atom is 0.410 e. The third-order valence-corrected chi connectivity index (χ3v) is 4.16. The highest BCUT2D eigenvalue weighted by atomic mass is 16.6. The summed E-state index contributed by atoms with van der Waals surface area (Å²) >= 11 is 0. The number of carbonyl (C=O) groups is 2. The van der Waals surface area contributed by atoms with Gasteiger partial charge in [0, 0.05) is 18.9 Å². The Kier molecular flexibility index (Phi) is 4.71. The second kappa shape index (κ2) is 7.10. The number of carbonyl (C=O) groups excluding carboxylic acids is 1. The van der Waals surface area contributed by atoms with Crippen molar-refractivity contribution in [2.45, 2.75) is 5.92 Å². The molecule has 1 N–H and O–H groups in total. The minimum absolute atomic E-state index is 0.00295. The fourth-order valence-electron chi connectivity index (χ4n) is 3.00. The molecule has 0 unspecified atom stereocenters. The Morgan fingerprint density at radius 3 is 2.20 bits per heavy atom. The van der Waals surface area contributed by atoms with Crippen molar-refractivity contribution in [2.75, 3.05) is 20.2 Å². The van der Waals surface area contributed by atoms with E-state index >= 15 is 0 Å². The van der Waals surface area contributed by atoms with Crippen LogP contribution in [0.5, 0.6) is 0 Å². The number of hydrogen-bond donors (Lipinski definition) is 1. The molecule has 126 valence electrons. The van der Waals surface area contributed by atoms with Gasteiger partial charge in [-0.3, -0.25) is 0 Å². The highest BCUT2D eigenvalue weighted by molar-refractivity contribution is 5.86. The molecular formula is C20H17NO4.